The first kappa shape index (κ1) is 7.46. The van der Waals surface area contributed by atoms with E-state index in [1.165, 1.54) is 13.0 Å². The summed E-state index contributed by atoms with van der Waals surface area (Å²) in [5.74, 6) is 0. The molecule has 0 bridgehead atoms. The second-order valence-electron chi connectivity index (χ2n) is 2.44. The minimum absolute atomic E-state index is 0.468. The molecule has 1 fully saturated rings. The molecule has 0 aromatic heterocycles. The Morgan fingerprint density at radius 1 is 1.78 bits per heavy atom. The molecule has 2 unspecified atom stereocenters. The van der Waals surface area contributed by atoms with Crippen molar-refractivity contribution in [3.63, 3.8) is 0 Å². The SMILES string of the molecule is CCN1CCC(OP)C1. The van der Waals surface area contributed by atoms with Crippen LogP contribution in [0, 0.1) is 0 Å². The predicted octanol–water partition coefficient (Wildman–Crippen LogP) is 0.887. The smallest absolute Gasteiger partial charge is 0.0749 e. The van der Waals surface area contributed by atoms with Crippen LogP contribution in [0.25, 0.3) is 0 Å². The molecule has 0 radical (unpaired) electrons. The van der Waals surface area contributed by atoms with E-state index in [0.717, 1.165) is 13.1 Å². The fraction of sp³-hybridized carbons (Fsp3) is 1.00. The number of likely N-dealkylation sites (tertiary alicyclic amines) is 1. The van der Waals surface area contributed by atoms with E-state index in [9.17, 15) is 0 Å². The van der Waals surface area contributed by atoms with E-state index in [1.54, 1.807) is 0 Å². The van der Waals surface area contributed by atoms with Gasteiger partial charge in [-0.3, -0.25) is 0 Å². The summed E-state index contributed by atoms with van der Waals surface area (Å²) >= 11 is 0. The highest BCUT2D eigenvalue weighted by Crippen LogP contribution is 2.13. The van der Waals surface area contributed by atoms with E-state index in [1.807, 2.05) is 0 Å². The molecule has 0 saturated carbocycles. The van der Waals surface area contributed by atoms with Gasteiger partial charge >= 0.3 is 0 Å². The van der Waals surface area contributed by atoms with Crippen molar-refractivity contribution in [2.75, 3.05) is 19.6 Å². The third-order valence-electron chi connectivity index (χ3n) is 1.87. The summed E-state index contributed by atoms with van der Waals surface area (Å²) < 4.78 is 5.12. The first-order chi connectivity index (χ1) is 4.36. The maximum Gasteiger partial charge on any atom is 0.0749 e. The van der Waals surface area contributed by atoms with Crippen molar-refractivity contribution >= 4 is 9.47 Å². The summed E-state index contributed by atoms with van der Waals surface area (Å²) in [7, 11) is 2.33. The molecule has 0 amide bonds. The van der Waals surface area contributed by atoms with Crippen molar-refractivity contribution in [2.24, 2.45) is 0 Å². The number of hydrogen-bond acceptors (Lipinski definition) is 2. The number of rotatable bonds is 2. The van der Waals surface area contributed by atoms with Crippen molar-refractivity contribution in [1.29, 1.82) is 0 Å². The molecule has 9 heavy (non-hydrogen) atoms. The summed E-state index contributed by atoms with van der Waals surface area (Å²) in [4.78, 5) is 2.40. The van der Waals surface area contributed by atoms with Crippen LogP contribution in [0.2, 0.25) is 0 Å². The van der Waals surface area contributed by atoms with E-state index < -0.39 is 0 Å². The Labute approximate surface area is 58.8 Å². The lowest BCUT2D eigenvalue weighted by atomic mass is 10.3. The molecule has 1 aliphatic rings. The van der Waals surface area contributed by atoms with Gasteiger partial charge in [0.25, 0.3) is 0 Å². The zero-order chi connectivity index (χ0) is 6.69. The molecule has 0 aromatic rings. The third-order valence-corrected chi connectivity index (χ3v) is 2.25. The van der Waals surface area contributed by atoms with Crippen molar-refractivity contribution in [2.45, 2.75) is 19.4 Å². The van der Waals surface area contributed by atoms with Gasteiger partial charge in [0.05, 0.1) is 6.10 Å². The minimum atomic E-state index is 0.468. The van der Waals surface area contributed by atoms with Crippen molar-refractivity contribution in [3.8, 4) is 0 Å². The topological polar surface area (TPSA) is 12.5 Å². The Bertz CT molecular complexity index is 79.1. The maximum absolute atomic E-state index is 5.12. The molecule has 1 rings (SSSR count). The first-order valence-corrected chi connectivity index (χ1v) is 3.92. The summed E-state index contributed by atoms with van der Waals surface area (Å²) in [6.07, 6.45) is 1.66. The van der Waals surface area contributed by atoms with E-state index in [4.69, 9.17) is 4.52 Å². The Hall–Kier alpha value is 0.350. The molecule has 3 heteroatoms. The number of nitrogens with zero attached hydrogens (tertiary/aromatic N) is 1. The van der Waals surface area contributed by atoms with Crippen LogP contribution in [-0.4, -0.2) is 30.6 Å². The van der Waals surface area contributed by atoms with Crippen LogP contribution >= 0.6 is 9.47 Å². The van der Waals surface area contributed by atoms with Gasteiger partial charge in [-0.05, 0) is 13.0 Å². The Kier molecular flexibility index (Phi) is 2.90. The highest BCUT2D eigenvalue weighted by atomic mass is 31.0. The largest absolute Gasteiger partial charge is 0.361 e. The van der Waals surface area contributed by atoms with Crippen LogP contribution in [0.5, 0.6) is 0 Å². The van der Waals surface area contributed by atoms with Crippen molar-refractivity contribution < 1.29 is 4.52 Å². The maximum atomic E-state index is 5.12. The van der Waals surface area contributed by atoms with Crippen molar-refractivity contribution in [1.82, 2.24) is 4.90 Å². The minimum Gasteiger partial charge on any atom is -0.361 e. The van der Waals surface area contributed by atoms with Crippen LogP contribution in [0.4, 0.5) is 0 Å². The number of likely N-dealkylation sites (N-methyl/N-ethyl adjacent to an activating group) is 1. The standard InChI is InChI=1S/C6H14NOP/c1-2-7-4-3-6(5-7)8-9/h6H,2-5,9H2,1H3. The molecule has 0 aliphatic carbocycles. The van der Waals surface area contributed by atoms with Gasteiger partial charge in [0.2, 0.25) is 0 Å². The van der Waals surface area contributed by atoms with E-state index >= 15 is 0 Å². The van der Waals surface area contributed by atoms with Crippen LogP contribution < -0.4 is 0 Å². The molecule has 54 valence electrons. The predicted molar refractivity (Wildman–Crippen MR) is 41.3 cm³/mol. The monoisotopic (exact) mass is 147 g/mol. The number of hydrogen-bond donors (Lipinski definition) is 0. The van der Waals surface area contributed by atoms with E-state index in [2.05, 4.69) is 21.3 Å². The molecule has 1 aliphatic heterocycles. The van der Waals surface area contributed by atoms with Gasteiger partial charge < -0.3 is 9.42 Å². The molecule has 2 atom stereocenters. The van der Waals surface area contributed by atoms with Gasteiger partial charge in [-0.15, -0.1) is 0 Å². The summed E-state index contributed by atoms with van der Waals surface area (Å²) in [6, 6.07) is 0. The zero-order valence-corrected chi connectivity index (χ0v) is 6.99. The average Bonchev–Trinajstić information content (AvgIpc) is 2.34. The molecule has 2 nitrogen and oxygen atoms in total. The second-order valence-corrected chi connectivity index (χ2v) is 2.71. The summed E-state index contributed by atoms with van der Waals surface area (Å²) in [5.41, 5.74) is 0. The zero-order valence-electron chi connectivity index (χ0n) is 5.84. The van der Waals surface area contributed by atoms with Gasteiger partial charge in [0, 0.05) is 22.6 Å². The molecular weight excluding hydrogens is 133 g/mol. The Balaban J connectivity index is 2.20. The molecule has 1 saturated heterocycles. The Morgan fingerprint density at radius 3 is 2.89 bits per heavy atom. The molecular formula is C6H14NOP. The lowest BCUT2D eigenvalue weighted by Crippen LogP contribution is -2.21. The van der Waals surface area contributed by atoms with Gasteiger partial charge in [-0.1, -0.05) is 6.92 Å². The van der Waals surface area contributed by atoms with Gasteiger partial charge in [0.15, 0.2) is 0 Å². The third kappa shape index (κ3) is 1.89. The second kappa shape index (κ2) is 3.50. The fourth-order valence-electron chi connectivity index (χ4n) is 1.20. The molecule has 1 heterocycles. The highest BCUT2D eigenvalue weighted by Gasteiger charge is 2.19. The van der Waals surface area contributed by atoms with Gasteiger partial charge in [0.1, 0.15) is 0 Å². The average molecular weight is 147 g/mol. The Morgan fingerprint density at radius 2 is 2.56 bits per heavy atom. The summed E-state index contributed by atoms with van der Waals surface area (Å²) in [5, 5.41) is 0. The highest BCUT2D eigenvalue weighted by molar-refractivity contribution is 7.09. The van der Waals surface area contributed by atoms with Crippen LogP contribution in [0.15, 0.2) is 0 Å². The fourth-order valence-corrected chi connectivity index (χ4v) is 1.42. The quantitative estimate of drug-likeness (QED) is 0.538. The van der Waals surface area contributed by atoms with E-state index in [-0.39, 0.29) is 0 Å². The van der Waals surface area contributed by atoms with Gasteiger partial charge in [-0.25, -0.2) is 0 Å². The van der Waals surface area contributed by atoms with Crippen LogP contribution in [0.3, 0.4) is 0 Å². The van der Waals surface area contributed by atoms with Crippen LogP contribution in [-0.2, 0) is 4.52 Å². The molecule has 0 aromatic carbocycles. The first-order valence-electron chi connectivity index (χ1n) is 3.44. The van der Waals surface area contributed by atoms with Crippen LogP contribution in [0.1, 0.15) is 13.3 Å². The molecule has 0 N–H and O–H groups in total. The lowest BCUT2D eigenvalue weighted by molar-refractivity contribution is 0.235. The summed E-state index contributed by atoms with van der Waals surface area (Å²) in [6.45, 7) is 5.66. The normalized spacial score (nSPS) is 29.3. The van der Waals surface area contributed by atoms with E-state index in [0.29, 0.717) is 6.10 Å². The lowest BCUT2D eigenvalue weighted by Gasteiger charge is -2.10. The van der Waals surface area contributed by atoms with Gasteiger partial charge in [-0.2, -0.15) is 0 Å². The molecule has 0 spiro atoms. The van der Waals surface area contributed by atoms with Crippen molar-refractivity contribution in [3.05, 3.63) is 0 Å².